The van der Waals surface area contributed by atoms with Gasteiger partial charge in [0.15, 0.2) is 0 Å². The van der Waals surface area contributed by atoms with Crippen molar-refractivity contribution in [2.24, 2.45) is 5.92 Å². The van der Waals surface area contributed by atoms with Gasteiger partial charge in [0, 0.05) is 37.4 Å². The Balaban J connectivity index is 1.81. The zero-order chi connectivity index (χ0) is 26.5. The van der Waals surface area contributed by atoms with Crippen molar-refractivity contribution in [3.63, 3.8) is 0 Å². The van der Waals surface area contributed by atoms with Gasteiger partial charge in [-0.3, -0.25) is 9.59 Å². The lowest BCUT2D eigenvalue weighted by atomic mass is 10.0. The highest BCUT2D eigenvalue weighted by Crippen LogP contribution is 2.20. The van der Waals surface area contributed by atoms with Crippen LogP contribution in [0.1, 0.15) is 37.0 Å². The lowest BCUT2D eigenvalue weighted by Crippen LogP contribution is -2.51. The van der Waals surface area contributed by atoms with Gasteiger partial charge in [0.1, 0.15) is 11.8 Å². The summed E-state index contributed by atoms with van der Waals surface area (Å²) in [5.74, 6) is 2.44. The summed E-state index contributed by atoms with van der Waals surface area (Å²) < 4.78 is 5.40. The van der Waals surface area contributed by atoms with Crippen molar-refractivity contribution < 1.29 is 14.3 Å². The zero-order valence-electron chi connectivity index (χ0n) is 22.1. The van der Waals surface area contributed by atoms with Crippen LogP contribution in [0.4, 0.5) is 0 Å². The minimum atomic E-state index is -0.612. The van der Waals surface area contributed by atoms with Crippen LogP contribution in [0.5, 0.6) is 5.75 Å². The molecule has 3 aromatic carbocycles. The summed E-state index contributed by atoms with van der Waals surface area (Å²) in [6.45, 7) is 5.04. The Morgan fingerprint density at radius 2 is 1.54 bits per heavy atom. The van der Waals surface area contributed by atoms with Gasteiger partial charge in [-0.25, -0.2) is 0 Å². The lowest BCUT2D eigenvalue weighted by molar-refractivity contribution is -0.141. The Labute approximate surface area is 225 Å². The van der Waals surface area contributed by atoms with Gasteiger partial charge in [0.2, 0.25) is 11.8 Å². The number of methoxy groups -OCH3 is 1. The van der Waals surface area contributed by atoms with Crippen LogP contribution in [0.3, 0.4) is 0 Å². The molecule has 0 heterocycles. The summed E-state index contributed by atoms with van der Waals surface area (Å²) in [6, 6.07) is 27.2. The van der Waals surface area contributed by atoms with Crippen LogP contribution in [0.15, 0.2) is 84.9 Å². The fourth-order valence-electron chi connectivity index (χ4n) is 4.01. The van der Waals surface area contributed by atoms with Crippen LogP contribution < -0.4 is 10.1 Å². The number of hydrogen-bond donors (Lipinski definition) is 1. The Kier molecular flexibility index (Phi) is 11.6. The molecule has 1 unspecified atom stereocenters. The van der Waals surface area contributed by atoms with Crippen molar-refractivity contribution in [1.82, 2.24) is 10.2 Å². The number of nitrogens with one attached hydrogen (secondary N) is 1. The molecule has 0 radical (unpaired) electrons. The second-order valence-corrected chi connectivity index (χ2v) is 10.6. The van der Waals surface area contributed by atoms with E-state index in [1.54, 1.807) is 23.8 Å². The third-order valence-electron chi connectivity index (χ3n) is 6.01. The normalized spacial score (nSPS) is 11.7. The third-order valence-corrected chi connectivity index (χ3v) is 7.04. The van der Waals surface area contributed by atoms with Crippen LogP contribution in [-0.2, 0) is 28.3 Å². The van der Waals surface area contributed by atoms with Gasteiger partial charge in [0.25, 0.3) is 0 Å². The van der Waals surface area contributed by atoms with Crippen LogP contribution in [0, 0.1) is 5.92 Å². The van der Waals surface area contributed by atoms with Gasteiger partial charge >= 0.3 is 0 Å². The summed E-state index contributed by atoms with van der Waals surface area (Å²) in [7, 11) is 1.63. The topological polar surface area (TPSA) is 58.6 Å². The second-order valence-electron chi connectivity index (χ2n) is 9.51. The molecule has 6 heteroatoms. The number of hydrogen-bond acceptors (Lipinski definition) is 4. The number of benzene rings is 3. The summed E-state index contributed by atoms with van der Waals surface area (Å²) in [5, 5.41) is 3.07. The molecule has 5 nitrogen and oxygen atoms in total. The molecule has 2 amide bonds. The van der Waals surface area contributed by atoms with E-state index in [-0.39, 0.29) is 11.8 Å². The number of ether oxygens (including phenoxy) is 1. The Morgan fingerprint density at radius 3 is 2.19 bits per heavy atom. The van der Waals surface area contributed by atoms with Gasteiger partial charge < -0.3 is 15.0 Å². The number of rotatable bonds is 14. The van der Waals surface area contributed by atoms with Crippen LogP contribution >= 0.6 is 11.8 Å². The molecule has 0 aliphatic rings. The molecule has 0 fully saturated rings. The van der Waals surface area contributed by atoms with E-state index in [4.69, 9.17) is 4.74 Å². The maximum atomic E-state index is 13.7. The molecule has 0 saturated carbocycles. The van der Waals surface area contributed by atoms with Crippen molar-refractivity contribution in [1.29, 1.82) is 0 Å². The van der Waals surface area contributed by atoms with Crippen LogP contribution in [-0.4, -0.2) is 42.2 Å². The van der Waals surface area contributed by atoms with E-state index >= 15 is 0 Å². The lowest BCUT2D eigenvalue weighted by Gasteiger charge is -2.32. The first kappa shape index (κ1) is 28.3. The molecule has 196 valence electrons. The molecular formula is C31H38N2O3S. The summed E-state index contributed by atoms with van der Waals surface area (Å²) in [5.41, 5.74) is 3.19. The molecule has 37 heavy (non-hydrogen) atoms. The fraction of sp³-hybridized carbons (Fsp3) is 0.355. The molecule has 3 rings (SSSR count). The highest BCUT2D eigenvalue weighted by molar-refractivity contribution is 7.98. The summed E-state index contributed by atoms with van der Waals surface area (Å²) in [4.78, 5) is 28.9. The van der Waals surface area contributed by atoms with Crippen LogP contribution in [0.2, 0.25) is 0 Å². The average molecular weight is 519 g/mol. The number of amides is 2. The number of thioether (sulfide) groups is 1. The Morgan fingerprint density at radius 1 is 0.892 bits per heavy atom. The van der Waals surface area contributed by atoms with Gasteiger partial charge in [-0.2, -0.15) is 11.8 Å². The van der Waals surface area contributed by atoms with E-state index in [0.29, 0.717) is 37.6 Å². The van der Waals surface area contributed by atoms with E-state index in [0.717, 1.165) is 22.6 Å². The molecule has 0 aliphatic heterocycles. The van der Waals surface area contributed by atoms with E-state index in [9.17, 15) is 9.59 Å². The molecule has 0 bridgehead atoms. The van der Waals surface area contributed by atoms with Gasteiger partial charge in [-0.1, -0.05) is 86.6 Å². The number of nitrogens with zero attached hydrogens (tertiary/aromatic N) is 1. The smallest absolute Gasteiger partial charge is 0.243 e. The third kappa shape index (κ3) is 9.62. The van der Waals surface area contributed by atoms with Crippen molar-refractivity contribution in [3.05, 3.63) is 102 Å². The van der Waals surface area contributed by atoms with Gasteiger partial charge in [-0.15, -0.1) is 0 Å². The largest absolute Gasteiger partial charge is 0.497 e. The monoisotopic (exact) mass is 518 g/mol. The second kappa shape index (κ2) is 15.1. The van der Waals surface area contributed by atoms with Gasteiger partial charge in [0.05, 0.1) is 7.11 Å². The molecule has 3 aromatic rings. The Hall–Kier alpha value is -3.25. The number of carbonyl (C=O) groups is 2. The Bertz CT molecular complexity index is 1110. The van der Waals surface area contributed by atoms with Crippen molar-refractivity contribution in [2.75, 3.05) is 19.4 Å². The predicted molar refractivity (Wildman–Crippen MR) is 153 cm³/mol. The number of carbonyl (C=O) groups excluding carboxylic acids is 2. The van der Waals surface area contributed by atoms with Crippen molar-refractivity contribution in [2.45, 2.75) is 45.0 Å². The quantitative estimate of drug-likeness (QED) is 0.277. The summed E-state index contributed by atoms with van der Waals surface area (Å²) in [6.07, 6.45) is 0.821. The van der Waals surface area contributed by atoms with Crippen molar-refractivity contribution >= 4 is 23.6 Å². The molecule has 0 aliphatic carbocycles. The molecule has 0 saturated heterocycles. The minimum Gasteiger partial charge on any atom is -0.497 e. The highest BCUT2D eigenvalue weighted by atomic mass is 32.2. The molecule has 1 N–H and O–H groups in total. The molecule has 0 spiro atoms. The standard InChI is InChI=1S/C31H38N2O3S/c1-24(2)21-32-31(35)29(20-25-11-6-4-7-12-25)33(22-27-15-10-16-28(19-27)36-3)30(34)17-18-37-23-26-13-8-5-9-14-26/h4-16,19,24,29H,17-18,20-23H2,1-3H3,(H,32,35). The SMILES string of the molecule is COc1cccc(CN(C(=O)CCSCc2ccccc2)C(Cc2ccccc2)C(=O)NCC(C)C)c1. The molecule has 1 atom stereocenters. The molecule has 0 aromatic heterocycles. The first-order chi connectivity index (χ1) is 18.0. The maximum absolute atomic E-state index is 13.7. The zero-order valence-corrected chi connectivity index (χ0v) is 22.9. The van der Waals surface area contributed by atoms with E-state index in [1.807, 2.05) is 72.8 Å². The van der Waals surface area contributed by atoms with Crippen molar-refractivity contribution in [3.8, 4) is 5.75 Å². The predicted octanol–water partition coefficient (Wildman–Crippen LogP) is 5.73. The van der Waals surface area contributed by atoms with Crippen LogP contribution in [0.25, 0.3) is 0 Å². The van der Waals surface area contributed by atoms with E-state index in [2.05, 4.69) is 31.3 Å². The fourth-order valence-corrected chi connectivity index (χ4v) is 4.90. The van der Waals surface area contributed by atoms with Gasteiger partial charge in [-0.05, 0) is 34.7 Å². The maximum Gasteiger partial charge on any atom is 0.243 e. The average Bonchev–Trinajstić information content (AvgIpc) is 2.92. The highest BCUT2D eigenvalue weighted by Gasteiger charge is 2.30. The molecular weight excluding hydrogens is 480 g/mol. The van der Waals surface area contributed by atoms with E-state index < -0.39 is 6.04 Å². The van der Waals surface area contributed by atoms with E-state index in [1.165, 1.54) is 5.56 Å². The minimum absolute atomic E-state index is 0.0241. The first-order valence-corrected chi connectivity index (χ1v) is 14.0. The summed E-state index contributed by atoms with van der Waals surface area (Å²) >= 11 is 1.73. The first-order valence-electron chi connectivity index (χ1n) is 12.8.